The molecule has 19 heavy (non-hydrogen) atoms. The quantitative estimate of drug-likeness (QED) is 0.606. The van der Waals surface area contributed by atoms with E-state index < -0.39 is 0 Å². The van der Waals surface area contributed by atoms with Gasteiger partial charge in [-0.05, 0) is 18.9 Å². The minimum absolute atomic E-state index is 0.0937. The van der Waals surface area contributed by atoms with E-state index in [1.807, 2.05) is 50.2 Å². The Balaban J connectivity index is 2.53. The zero-order valence-electron chi connectivity index (χ0n) is 11.3. The maximum absolute atomic E-state index is 11.8. The normalized spacial score (nSPS) is 12.4. The molecule has 0 spiro atoms. The molecule has 0 fully saturated rings. The minimum Gasteiger partial charge on any atom is -0.387 e. The van der Waals surface area contributed by atoms with Gasteiger partial charge in [-0.3, -0.25) is 4.79 Å². The number of amides is 1. The standard InChI is InChI=1S/C15H19N3O/c1-3-12(2)17-11-14(9-16)15(19)18-10-13-7-5-4-6-8-13/h4-8,11-12,17H,3,10H2,1-2H3,(H,18,19)/b14-11-. The number of nitrogens with one attached hydrogen (secondary N) is 2. The third kappa shape index (κ3) is 5.26. The summed E-state index contributed by atoms with van der Waals surface area (Å²) in [6, 6.07) is 11.7. The molecule has 1 unspecified atom stereocenters. The average Bonchev–Trinajstić information content (AvgIpc) is 2.46. The molecule has 0 radical (unpaired) electrons. The van der Waals surface area contributed by atoms with Crippen LogP contribution < -0.4 is 10.6 Å². The van der Waals surface area contributed by atoms with E-state index in [2.05, 4.69) is 10.6 Å². The third-order valence-electron chi connectivity index (χ3n) is 2.79. The Morgan fingerprint density at radius 1 is 1.42 bits per heavy atom. The summed E-state index contributed by atoms with van der Waals surface area (Å²) in [7, 11) is 0. The lowest BCUT2D eigenvalue weighted by atomic mass is 10.2. The highest BCUT2D eigenvalue weighted by atomic mass is 16.1. The lowest BCUT2D eigenvalue weighted by Gasteiger charge is -2.09. The van der Waals surface area contributed by atoms with Crippen LogP contribution in [0.3, 0.4) is 0 Å². The topological polar surface area (TPSA) is 64.9 Å². The van der Waals surface area contributed by atoms with Gasteiger partial charge in [0.25, 0.3) is 5.91 Å². The molecule has 0 aliphatic heterocycles. The number of hydrogen-bond acceptors (Lipinski definition) is 3. The first-order chi connectivity index (χ1) is 9.17. The van der Waals surface area contributed by atoms with Crippen LogP contribution in [0, 0.1) is 11.3 Å². The maximum Gasteiger partial charge on any atom is 0.263 e. The summed E-state index contributed by atoms with van der Waals surface area (Å²) in [4.78, 5) is 11.8. The highest BCUT2D eigenvalue weighted by molar-refractivity contribution is 5.97. The lowest BCUT2D eigenvalue weighted by Crippen LogP contribution is -2.27. The Kier molecular flexibility index (Phi) is 6.17. The Hall–Kier alpha value is -2.28. The van der Waals surface area contributed by atoms with Crippen LogP contribution in [-0.2, 0) is 11.3 Å². The van der Waals surface area contributed by atoms with Gasteiger partial charge in [-0.2, -0.15) is 5.26 Å². The summed E-state index contributed by atoms with van der Waals surface area (Å²) in [5.41, 5.74) is 1.10. The molecular formula is C15H19N3O. The Labute approximate surface area is 114 Å². The lowest BCUT2D eigenvalue weighted by molar-refractivity contribution is -0.117. The van der Waals surface area contributed by atoms with E-state index >= 15 is 0 Å². The molecule has 0 aromatic heterocycles. The summed E-state index contributed by atoms with van der Waals surface area (Å²) in [6.45, 7) is 4.45. The van der Waals surface area contributed by atoms with Crippen molar-refractivity contribution in [2.24, 2.45) is 0 Å². The summed E-state index contributed by atoms with van der Waals surface area (Å²) >= 11 is 0. The van der Waals surface area contributed by atoms with Gasteiger partial charge in [0.15, 0.2) is 0 Å². The van der Waals surface area contributed by atoms with Crippen molar-refractivity contribution in [2.75, 3.05) is 0 Å². The number of carbonyl (C=O) groups excluding carboxylic acids is 1. The number of nitriles is 1. The van der Waals surface area contributed by atoms with Gasteiger partial charge in [-0.25, -0.2) is 0 Å². The van der Waals surface area contributed by atoms with Crippen molar-refractivity contribution in [1.29, 1.82) is 5.26 Å². The SMILES string of the molecule is CCC(C)N/C=C(/C#N)C(=O)NCc1ccccc1. The van der Waals surface area contributed by atoms with Gasteiger partial charge in [0, 0.05) is 18.8 Å². The summed E-state index contributed by atoms with van der Waals surface area (Å²) in [5, 5.41) is 14.7. The van der Waals surface area contributed by atoms with Crippen molar-refractivity contribution < 1.29 is 4.79 Å². The summed E-state index contributed by atoms with van der Waals surface area (Å²) in [5.74, 6) is -0.359. The predicted molar refractivity (Wildman–Crippen MR) is 74.9 cm³/mol. The van der Waals surface area contributed by atoms with E-state index in [0.717, 1.165) is 12.0 Å². The molecule has 0 saturated heterocycles. The second kappa shape index (κ2) is 7.93. The molecule has 4 heteroatoms. The van der Waals surface area contributed by atoms with Crippen molar-refractivity contribution in [3.63, 3.8) is 0 Å². The molecule has 1 rings (SSSR count). The second-order valence-corrected chi connectivity index (χ2v) is 4.31. The number of nitrogens with zero attached hydrogens (tertiary/aromatic N) is 1. The molecular weight excluding hydrogens is 238 g/mol. The van der Waals surface area contributed by atoms with E-state index in [0.29, 0.717) is 6.54 Å². The summed E-state index contributed by atoms with van der Waals surface area (Å²) in [6.07, 6.45) is 2.41. The van der Waals surface area contributed by atoms with Crippen LogP contribution >= 0.6 is 0 Å². The third-order valence-corrected chi connectivity index (χ3v) is 2.79. The first kappa shape index (κ1) is 14.8. The molecule has 1 aromatic carbocycles. The first-order valence-electron chi connectivity index (χ1n) is 6.35. The zero-order valence-corrected chi connectivity index (χ0v) is 11.3. The van der Waals surface area contributed by atoms with Crippen LogP contribution in [0.1, 0.15) is 25.8 Å². The van der Waals surface area contributed by atoms with Crippen LogP contribution in [0.5, 0.6) is 0 Å². The maximum atomic E-state index is 11.8. The fourth-order valence-corrected chi connectivity index (χ4v) is 1.37. The Bertz CT molecular complexity index is 474. The van der Waals surface area contributed by atoms with Crippen molar-refractivity contribution >= 4 is 5.91 Å². The predicted octanol–water partition coefficient (Wildman–Crippen LogP) is 2.10. The molecule has 100 valence electrons. The molecule has 0 bridgehead atoms. The summed E-state index contributed by atoms with van der Waals surface area (Å²) < 4.78 is 0. The van der Waals surface area contributed by atoms with E-state index in [9.17, 15) is 4.79 Å². The minimum atomic E-state index is -0.359. The van der Waals surface area contributed by atoms with E-state index in [4.69, 9.17) is 5.26 Å². The van der Waals surface area contributed by atoms with Crippen LogP contribution in [0.15, 0.2) is 42.1 Å². The molecule has 0 heterocycles. The molecule has 1 atom stereocenters. The molecule has 0 saturated carbocycles. The van der Waals surface area contributed by atoms with Gasteiger partial charge >= 0.3 is 0 Å². The smallest absolute Gasteiger partial charge is 0.263 e. The molecule has 1 amide bonds. The van der Waals surface area contributed by atoms with E-state index in [1.165, 1.54) is 6.20 Å². The van der Waals surface area contributed by atoms with Crippen molar-refractivity contribution in [3.05, 3.63) is 47.7 Å². The molecule has 1 aromatic rings. The highest BCUT2D eigenvalue weighted by Gasteiger charge is 2.08. The van der Waals surface area contributed by atoms with Crippen LogP contribution in [0.4, 0.5) is 0 Å². The Morgan fingerprint density at radius 2 is 2.11 bits per heavy atom. The van der Waals surface area contributed by atoms with E-state index in [-0.39, 0.29) is 17.5 Å². The number of rotatable bonds is 6. The van der Waals surface area contributed by atoms with Crippen molar-refractivity contribution in [1.82, 2.24) is 10.6 Å². The van der Waals surface area contributed by atoms with Crippen molar-refractivity contribution in [2.45, 2.75) is 32.9 Å². The van der Waals surface area contributed by atoms with Crippen molar-refractivity contribution in [3.8, 4) is 6.07 Å². The van der Waals surface area contributed by atoms with Crippen LogP contribution in [0.25, 0.3) is 0 Å². The van der Waals surface area contributed by atoms with Gasteiger partial charge in [-0.15, -0.1) is 0 Å². The van der Waals surface area contributed by atoms with E-state index in [1.54, 1.807) is 0 Å². The van der Waals surface area contributed by atoms with Gasteiger partial charge in [0.2, 0.25) is 0 Å². The Morgan fingerprint density at radius 3 is 2.68 bits per heavy atom. The van der Waals surface area contributed by atoms with Gasteiger partial charge in [0.1, 0.15) is 11.6 Å². The molecule has 4 nitrogen and oxygen atoms in total. The van der Waals surface area contributed by atoms with Crippen LogP contribution in [-0.4, -0.2) is 11.9 Å². The fraction of sp³-hybridized carbons (Fsp3) is 0.333. The first-order valence-corrected chi connectivity index (χ1v) is 6.35. The van der Waals surface area contributed by atoms with Crippen LogP contribution in [0.2, 0.25) is 0 Å². The number of carbonyl (C=O) groups is 1. The molecule has 0 aliphatic rings. The van der Waals surface area contributed by atoms with Gasteiger partial charge in [0.05, 0.1) is 0 Å². The highest BCUT2D eigenvalue weighted by Crippen LogP contribution is 1.99. The van der Waals surface area contributed by atoms with Gasteiger partial charge in [-0.1, -0.05) is 37.3 Å². The number of benzene rings is 1. The number of hydrogen-bond donors (Lipinski definition) is 2. The largest absolute Gasteiger partial charge is 0.387 e. The monoisotopic (exact) mass is 257 g/mol. The molecule has 0 aliphatic carbocycles. The second-order valence-electron chi connectivity index (χ2n) is 4.31. The van der Waals surface area contributed by atoms with Gasteiger partial charge < -0.3 is 10.6 Å². The zero-order chi connectivity index (χ0) is 14.1. The average molecular weight is 257 g/mol. The molecule has 2 N–H and O–H groups in total. The fourth-order valence-electron chi connectivity index (χ4n) is 1.37.